The zero-order valence-corrected chi connectivity index (χ0v) is 10.4. The van der Waals surface area contributed by atoms with Crippen LogP contribution < -0.4 is 10.6 Å². The minimum Gasteiger partial charge on any atom is -0.394 e. The Balaban J connectivity index is 2.37. The smallest absolute Gasteiger partial charge is 0.234 e. The lowest BCUT2D eigenvalue weighted by molar-refractivity contribution is -0.125. The molecule has 17 heavy (non-hydrogen) atoms. The molecular formula is C11H23N3O3. The summed E-state index contributed by atoms with van der Waals surface area (Å²) in [6, 6.07) is 0. The highest BCUT2D eigenvalue weighted by Gasteiger charge is 2.25. The zero-order valence-electron chi connectivity index (χ0n) is 10.4. The quantitative estimate of drug-likeness (QED) is 0.456. The molecule has 1 heterocycles. The Hall–Kier alpha value is -0.690. The summed E-state index contributed by atoms with van der Waals surface area (Å²) in [4.78, 5) is 13.8. The highest BCUT2D eigenvalue weighted by Crippen LogP contribution is 2.01. The normalized spacial score (nSPS) is 18.8. The van der Waals surface area contributed by atoms with Crippen molar-refractivity contribution >= 4 is 5.91 Å². The summed E-state index contributed by atoms with van der Waals surface area (Å²) in [7, 11) is 0. The molecule has 0 aromatic carbocycles. The van der Waals surface area contributed by atoms with Crippen LogP contribution in [0.25, 0.3) is 0 Å². The number of aliphatic hydroxyl groups is 2. The van der Waals surface area contributed by atoms with Gasteiger partial charge in [0.05, 0.1) is 25.3 Å². The van der Waals surface area contributed by atoms with E-state index in [4.69, 9.17) is 10.2 Å². The van der Waals surface area contributed by atoms with Crippen LogP contribution in [0.1, 0.15) is 13.3 Å². The van der Waals surface area contributed by atoms with Crippen molar-refractivity contribution in [3.8, 4) is 0 Å². The van der Waals surface area contributed by atoms with Gasteiger partial charge in [0.1, 0.15) is 0 Å². The van der Waals surface area contributed by atoms with E-state index in [2.05, 4.69) is 15.5 Å². The van der Waals surface area contributed by atoms with Crippen LogP contribution in [0.3, 0.4) is 0 Å². The van der Waals surface area contributed by atoms with Gasteiger partial charge in [0, 0.05) is 13.1 Å². The van der Waals surface area contributed by atoms with E-state index in [9.17, 15) is 4.79 Å². The number of hydrogen-bond acceptors (Lipinski definition) is 5. The average molecular weight is 245 g/mol. The van der Waals surface area contributed by atoms with E-state index in [-0.39, 0.29) is 19.1 Å². The van der Waals surface area contributed by atoms with Crippen molar-refractivity contribution in [3.63, 3.8) is 0 Å². The Kier molecular flexibility index (Phi) is 5.84. The Morgan fingerprint density at radius 3 is 2.71 bits per heavy atom. The number of hydrogen-bond donors (Lipinski definition) is 4. The van der Waals surface area contributed by atoms with Gasteiger partial charge in [-0.25, -0.2) is 0 Å². The van der Waals surface area contributed by atoms with Gasteiger partial charge in [-0.1, -0.05) is 0 Å². The first-order chi connectivity index (χ1) is 8.09. The molecule has 0 aromatic rings. The van der Waals surface area contributed by atoms with Crippen LogP contribution in [0.5, 0.6) is 0 Å². The van der Waals surface area contributed by atoms with Crippen molar-refractivity contribution in [2.24, 2.45) is 0 Å². The summed E-state index contributed by atoms with van der Waals surface area (Å²) in [6.45, 7) is 5.03. The zero-order chi connectivity index (χ0) is 12.7. The summed E-state index contributed by atoms with van der Waals surface area (Å²) in [6.07, 6.45) is 1.03. The predicted octanol–water partition coefficient (Wildman–Crippen LogP) is -1.86. The van der Waals surface area contributed by atoms with Gasteiger partial charge in [-0.05, 0) is 26.4 Å². The van der Waals surface area contributed by atoms with Gasteiger partial charge in [0.2, 0.25) is 5.91 Å². The predicted molar refractivity (Wildman–Crippen MR) is 64.6 cm³/mol. The van der Waals surface area contributed by atoms with E-state index in [1.807, 2.05) is 0 Å². The third-order valence-electron chi connectivity index (χ3n) is 2.94. The van der Waals surface area contributed by atoms with Crippen molar-refractivity contribution in [3.05, 3.63) is 0 Å². The van der Waals surface area contributed by atoms with Crippen molar-refractivity contribution in [1.29, 1.82) is 0 Å². The molecule has 1 rings (SSSR count). The molecule has 0 atom stereocenters. The summed E-state index contributed by atoms with van der Waals surface area (Å²) < 4.78 is 0. The highest BCUT2D eigenvalue weighted by molar-refractivity contribution is 5.78. The van der Waals surface area contributed by atoms with Crippen LogP contribution in [-0.4, -0.2) is 72.5 Å². The molecule has 6 heteroatoms. The van der Waals surface area contributed by atoms with Crippen LogP contribution in [0.4, 0.5) is 0 Å². The Labute approximate surface area is 102 Å². The van der Waals surface area contributed by atoms with Crippen LogP contribution in [0, 0.1) is 0 Å². The molecule has 0 unspecified atom stereocenters. The SMILES string of the molecule is CC(CO)(CO)NC(=O)CN1CCCNCC1. The van der Waals surface area contributed by atoms with Crippen molar-refractivity contribution in [2.75, 3.05) is 45.9 Å². The Morgan fingerprint density at radius 1 is 1.35 bits per heavy atom. The number of carbonyl (C=O) groups excluding carboxylic acids is 1. The lowest BCUT2D eigenvalue weighted by Crippen LogP contribution is -2.54. The lowest BCUT2D eigenvalue weighted by Gasteiger charge is -2.28. The Bertz CT molecular complexity index is 236. The van der Waals surface area contributed by atoms with Crippen molar-refractivity contribution < 1.29 is 15.0 Å². The van der Waals surface area contributed by atoms with Crippen molar-refractivity contribution in [2.45, 2.75) is 18.9 Å². The van der Waals surface area contributed by atoms with Gasteiger partial charge in [-0.15, -0.1) is 0 Å². The fourth-order valence-corrected chi connectivity index (χ4v) is 1.77. The van der Waals surface area contributed by atoms with Gasteiger partial charge in [0.25, 0.3) is 0 Å². The summed E-state index contributed by atoms with van der Waals surface area (Å²) in [5, 5.41) is 24.1. The molecule has 1 amide bonds. The third-order valence-corrected chi connectivity index (χ3v) is 2.94. The molecule has 100 valence electrons. The fourth-order valence-electron chi connectivity index (χ4n) is 1.77. The first-order valence-corrected chi connectivity index (χ1v) is 6.05. The lowest BCUT2D eigenvalue weighted by atomic mass is 10.1. The Morgan fingerprint density at radius 2 is 2.06 bits per heavy atom. The molecule has 6 nitrogen and oxygen atoms in total. The average Bonchev–Trinajstić information content (AvgIpc) is 2.57. The van der Waals surface area contributed by atoms with Crippen LogP contribution in [0.2, 0.25) is 0 Å². The fraction of sp³-hybridized carbons (Fsp3) is 0.909. The van der Waals surface area contributed by atoms with Crippen molar-refractivity contribution in [1.82, 2.24) is 15.5 Å². The second kappa shape index (κ2) is 6.90. The standard InChI is InChI=1S/C11H23N3O3/c1-11(8-15,9-16)13-10(17)7-14-5-2-3-12-4-6-14/h12,15-16H,2-9H2,1H3,(H,13,17). The van der Waals surface area contributed by atoms with Gasteiger partial charge in [-0.2, -0.15) is 0 Å². The maximum atomic E-state index is 11.8. The van der Waals surface area contributed by atoms with E-state index < -0.39 is 5.54 Å². The molecule has 0 spiro atoms. The largest absolute Gasteiger partial charge is 0.394 e. The third kappa shape index (κ3) is 4.99. The monoisotopic (exact) mass is 245 g/mol. The molecule has 0 bridgehead atoms. The van der Waals surface area contributed by atoms with Gasteiger partial charge in [-0.3, -0.25) is 9.69 Å². The van der Waals surface area contributed by atoms with Crippen LogP contribution in [0.15, 0.2) is 0 Å². The second-order valence-corrected chi connectivity index (χ2v) is 4.80. The summed E-state index contributed by atoms with van der Waals surface area (Å²) >= 11 is 0. The van der Waals surface area contributed by atoms with E-state index >= 15 is 0 Å². The number of carbonyl (C=O) groups is 1. The van der Waals surface area contributed by atoms with Crippen LogP contribution in [-0.2, 0) is 4.79 Å². The number of rotatable bonds is 5. The minimum absolute atomic E-state index is 0.155. The first-order valence-electron chi connectivity index (χ1n) is 6.05. The van der Waals surface area contributed by atoms with Gasteiger partial charge < -0.3 is 20.8 Å². The maximum Gasteiger partial charge on any atom is 0.234 e. The molecule has 1 aliphatic heterocycles. The first kappa shape index (κ1) is 14.4. The maximum absolute atomic E-state index is 11.8. The summed E-state index contributed by atoms with van der Waals surface area (Å²) in [5.41, 5.74) is -0.929. The number of amides is 1. The molecule has 0 saturated carbocycles. The van der Waals surface area contributed by atoms with E-state index in [1.54, 1.807) is 6.92 Å². The molecule has 0 aromatic heterocycles. The molecule has 1 fully saturated rings. The van der Waals surface area contributed by atoms with Gasteiger partial charge >= 0.3 is 0 Å². The molecule has 0 aliphatic carbocycles. The molecule has 1 aliphatic rings. The topological polar surface area (TPSA) is 84.8 Å². The number of nitrogens with one attached hydrogen (secondary N) is 2. The molecule has 1 saturated heterocycles. The number of aliphatic hydroxyl groups excluding tert-OH is 2. The summed E-state index contributed by atoms with van der Waals surface area (Å²) in [5.74, 6) is -0.155. The van der Waals surface area contributed by atoms with E-state index in [0.29, 0.717) is 6.54 Å². The van der Waals surface area contributed by atoms with Gasteiger partial charge in [0.15, 0.2) is 0 Å². The van der Waals surface area contributed by atoms with E-state index in [1.165, 1.54) is 0 Å². The van der Waals surface area contributed by atoms with Crippen LogP contribution >= 0.6 is 0 Å². The van der Waals surface area contributed by atoms with E-state index in [0.717, 1.165) is 32.6 Å². The highest BCUT2D eigenvalue weighted by atomic mass is 16.3. The molecular weight excluding hydrogens is 222 g/mol. The molecule has 0 radical (unpaired) electrons. The minimum atomic E-state index is -0.929. The number of nitrogens with zero attached hydrogens (tertiary/aromatic N) is 1. The molecule has 4 N–H and O–H groups in total. The second-order valence-electron chi connectivity index (χ2n) is 4.80.